The zero-order chi connectivity index (χ0) is 23.6. The molecular formula is C23H19ClFN3O4S. The van der Waals surface area contributed by atoms with Gasteiger partial charge in [-0.25, -0.2) is 12.8 Å². The van der Waals surface area contributed by atoms with Crippen LogP contribution in [-0.4, -0.2) is 26.8 Å². The smallest absolute Gasteiger partial charge is 0.261 e. The predicted molar refractivity (Wildman–Crippen MR) is 125 cm³/mol. The van der Waals surface area contributed by atoms with E-state index in [9.17, 15) is 22.4 Å². The maximum absolute atomic E-state index is 13.0. The van der Waals surface area contributed by atoms with Crippen molar-refractivity contribution in [2.45, 2.75) is 17.7 Å². The Balaban J connectivity index is 1.43. The van der Waals surface area contributed by atoms with E-state index in [1.807, 2.05) is 0 Å². The molecule has 1 aliphatic heterocycles. The summed E-state index contributed by atoms with van der Waals surface area (Å²) in [6, 6.07) is 15.2. The van der Waals surface area contributed by atoms with E-state index in [4.69, 9.17) is 11.6 Å². The number of carbonyl (C=O) groups excluding carboxylic acids is 2. The number of sulfonamides is 1. The third-order valence-electron chi connectivity index (χ3n) is 5.09. The topological polar surface area (TPSA) is 95.6 Å². The molecule has 2 N–H and O–H groups in total. The predicted octanol–water partition coefficient (Wildman–Crippen LogP) is 4.66. The Bertz CT molecular complexity index is 1310. The molecule has 0 spiro atoms. The molecule has 0 aromatic heterocycles. The minimum absolute atomic E-state index is 0.0174. The fourth-order valence-electron chi connectivity index (χ4n) is 3.43. The highest BCUT2D eigenvalue weighted by atomic mass is 35.5. The van der Waals surface area contributed by atoms with E-state index in [1.54, 1.807) is 23.1 Å². The Morgan fingerprint density at radius 2 is 1.64 bits per heavy atom. The molecule has 0 radical (unpaired) electrons. The molecule has 7 nitrogen and oxygen atoms in total. The van der Waals surface area contributed by atoms with Crippen molar-refractivity contribution in [3.8, 4) is 0 Å². The van der Waals surface area contributed by atoms with Crippen LogP contribution in [0.25, 0.3) is 0 Å². The molecule has 3 aromatic rings. The van der Waals surface area contributed by atoms with Crippen molar-refractivity contribution in [3.05, 3.63) is 83.1 Å². The quantitative estimate of drug-likeness (QED) is 0.528. The van der Waals surface area contributed by atoms with Crippen molar-refractivity contribution in [2.75, 3.05) is 21.5 Å². The normalized spacial score (nSPS) is 13.8. The first-order valence-corrected chi connectivity index (χ1v) is 11.9. The van der Waals surface area contributed by atoms with E-state index in [1.165, 1.54) is 24.3 Å². The molecule has 1 fully saturated rings. The first-order valence-electron chi connectivity index (χ1n) is 10.0. The number of hydrogen-bond acceptors (Lipinski definition) is 4. The summed E-state index contributed by atoms with van der Waals surface area (Å²) in [5, 5.41) is 3.08. The first-order chi connectivity index (χ1) is 15.7. The van der Waals surface area contributed by atoms with Gasteiger partial charge in [-0.15, -0.1) is 0 Å². The maximum Gasteiger partial charge on any atom is 0.261 e. The molecule has 3 aromatic carbocycles. The molecule has 1 heterocycles. The Labute approximate surface area is 195 Å². The number of nitrogens with one attached hydrogen (secondary N) is 2. The summed E-state index contributed by atoms with van der Waals surface area (Å²) in [6.07, 6.45) is 1.27. The summed E-state index contributed by atoms with van der Waals surface area (Å²) in [5.41, 5.74) is 1.62. The maximum atomic E-state index is 13.0. The number of nitrogens with zero attached hydrogens (tertiary/aromatic N) is 1. The second-order valence-electron chi connectivity index (χ2n) is 7.41. The first kappa shape index (κ1) is 22.8. The molecule has 0 unspecified atom stereocenters. The van der Waals surface area contributed by atoms with Crippen LogP contribution in [0, 0.1) is 5.82 Å². The van der Waals surface area contributed by atoms with Crippen molar-refractivity contribution in [1.29, 1.82) is 0 Å². The minimum Gasteiger partial charge on any atom is -0.322 e. The highest BCUT2D eigenvalue weighted by molar-refractivity contribution is 7.92. The number of rotatable bonds is 6. The number of hydrogen-bond donors (Lipinski definition) is 2. The van der Waals surface area contributed by atoms with Gasteiger partial charge in [-0.2, -0.15) is 0 Å². The van der Waals surface area contributed by atoms with Crippen molar-refractivity contribution in [2.24, 2.45) is 0 Å². The van der Waals surface area contributed by atoms with Crippen molar-refractivity contribution in [1.82, 2.24) is 0 Å². The standard InChI is InChI=1S/C23H19ClFN3O4S/c24-20-14-18(9-12-21(20)28-13-1-2-22(28)29)26-23(30)15-3-7-17(8-4-15)27-33(31,32)19-10-5-16(25)6-11-19/h3-12,14,27H,1-2,13H2,(H,26,30). The van der Waals surface area contributed by atoms with E-state index in [0.29, 0.717) is 34.9 Å². The van der Waals surface area contributed by atoms with Crippen LogP contribution >= 0.6 is 11.6 Å². The Hall–Kier alpha value is -3.43. The second-order valence-corrected chi connectivity index (χ2v) is 9.50. The van der Waals surface area contributed by atoms with Gasteiger partial charge in [0.1, 0.15) is 5.82 Å². The van der Waals surface area contributed by atoms with Gasteiger partial charge < -0.3 is 10.2 Å². The molecule has 4 rings (SSSR count). The number of amides is 2. The van der Waals surface area contributed by atoms with E-state index < -0.39 is 21.7 Å². The van der Waals surface area contributed by atoms with Crippen molar-refractivity contribution >= 4 is 50.5 Å². The number of anilines is 3. The lowest BCUT2D eigenvalue weighted by Crippen LogP contribution is -2.24. The lowest BCUT2D eigenvalue weighted by Gasteiger charge is -2.18. The zero-order valence-electron chi connectivity index (χ0n) is 17.2. The van der Waals surface area contributed by atoms with Gasteiger partial charge in [-0.05, 0) is 73.2 Å². The van der Waals surface area contributed by atoms with Gasteiger partial charge in [-0.1, -0.05) is 11.6 Å². The molecule has 33 heavy (non-hydrogen) atoms. The molecule has 2 amide bonds. The molecule has 0 aliphatic carbocycles. The number of benzene rings is 3. The summed E-state index contributed by atoms with van der Waals surface area (Å²) in [7, 11) is -3.89. The third kappa shape index (κ3) is 5.15. The summed E-state index contributed by atoms with van der Waals surface area (Å²) in [4.78, 5) is 26.0. The van der Waals surface area contributed by atoms with E-state index in [0.717, 1.165) is 30.7 Å². The number of carbonyl (C=O) groups is 2. The summed E-state index contributed by atoms with van der Waals surface area (Å²) in [5.74, 6) is -0.933. The molecule has 1 aliphatic rings. The molecular weight excluding hydrogens is 469 g/mol. The van der Waals surface area contributed by atoms with Gasteiger partial charge in [-0.3, -0.25) is 14.3 Å². The molecule has 0 saturated carbocycles. The van der Waals surface area contributed by atoms with Crippen LogP contribution in [0.5, 0.6) is 0 Å². The van der Waals surface area contributed by atoms with Crippen molar-refractivity contribution < 1.29 is 22.4 Å². The van der Waals surface area contributed by atoms with E-state index >= 15 is 0 Å². The Morgan fingerprint density at radius 1 is 0.970 bits per heavy atom. The molecule has 0 atom stereocenters. The average Bonchev–Trinajstić information content (AvgIpc) is 3.20. The van der Waals surface area contributed by atoms with Crippen LogP contribution in [0.15, 0.2) is 71.6 Å². The summed E-state index contributed by atoms with van der Waals surface area (Å²) < 4.78 is 40.2. The third-order valence-corrected chi connectivity index (χ3v) is 6.79. The van der Waals surface area contributed by atoms with Gasteiger partial charge in [0.05, 0.1) is 15.6 Å². The Morgan fingerprint density at radius 3 is 2.24 bits per heavy atom. The van der Waals surface area contributed by atoms with Gasteiger partial charge in [0, 0.05) is 29.9 Å². The minimum atomic E-state index is -3.89. The van der Waals surface area contributed by atoms with Gasteiger partial charge in [0.25, 0.3) is 15.9 Å². The second kappa shape index (κ2) is 9.21. The van der Waals surface area contributed by atoms with E-state index in [2.05, 4.69) is 10.0 Å². The van der Waals surface area contributed by atoms with Gasteiger partial charge >= 0.3 is 0 Å². The summed E-state index contributed by atoms with van der Waals surface area (Å²) in [6.45, 7) is 0.613. The molecule has 1 saturated heterocycles. The largest absolute Gasteiger partial charge is 0.322 e. The van der Waals surface area contributed by atoms with Gasteiger partial charge in [0.2, 0.25) is 5.91 Å². The molecule has 0 bridgehead atoms. The summed E-state index contributed by atoms with van der Waals surface area (Å²) >= 11 is 6.31. The highest BCUT2D eigenvalue weighted by Gasteiger charge is 2.23. The van der Waals surface area contributed by atoms with Crippen LogP contribution < -0.4 is 14.9 Å². The molecule has 170 valence electrons. The van der Waals surface area contributed by atoms with Crippen LogP contribution in [0.1, 0.15) is 23.2 Å². The van der Waals surface area contributed by atoms with Crippen LogP contribution in [-0.2, 0) is 14.8 Å². The molecule has 10 heteroatoms. The SMILES string of the molecule is O=C(Nc1ccc(N2CCCC2=O)c(Cl)c1)c1ccc(NS(=O)(=O)c2ccc(F)cc2)cc1. The van der Waals surface area contributed by atoms with Crippen LogP contribution in [0.3, 0.4) is 0 Å². The monoisotopic (exact) mass is 487 g/mol. The average molecular weight is 488 g/mol. The Kier molecular flexibility index (Phi) is 6.35. The lowest BCUT2D eigenvalue weighted by atomic mass is 10.2. The fraction of sp³-hybridized carbons (Fsp3) is 0.130. The van der Waals surface area contributed by atoms with Crippen LogP contribution in [0.4, 0.5) is 21.5 Å². The highest BCUT2D eigenvalue weighted by Crippen LogP contribution is 2.32. The lowest BCUT2D eigenvalue weighted by molar-refractivity contribution is -0.117. The van der Waals surface area contributed by atoms with Gasteiger partial charge in [0.15, 0.2) is 0 Å². The fourth-order valence-corrected chi connectivity index (χ4v) is 4.77. The van der Waals surface area contributed by atoms with Crippen molar-refractivity contribution in [3.63, 3.8) is 0 Å². The van der Waals surface area contributed by atoms with Crippen LogP contribution in [0.2, 0.25) is 5.02 Å². The van der Waals surface area contributed by atoms with E-state index in [-0.39, 0.29) is 16.5 Å². The number of halogens is 2. The zero-order valence-corrected chi connectivity index (χ0v) is 18.8.